The maximum Gasteiger partial charge on any atom is 0.258 e. The van der Waals surface area contributed by atoms with Crippen LogP contribution < -0.4 is 0 Å². The van der Waals surface area contributed by atoms with Gasteiger partial charge in [-0.25, -0.2) is 0 Å². The molecule has 1 saturated heterocycles. The van der Waals surface area contributed by atoms with E-state index in [0.29, 0.717) is 24.1 Å². The lowest BCUT2D eigenvalue weighted by molar-refractivity contribution is -0.130. The highest BCUT2D eigenvalue weighted by Crippen LogP contribution is 2.29. The first-order chi connectivity index (χ1) is 12.8. The summed E-state index contributed by atoms with van der Waals surface area (Å²) in [7, 11) is 0. The normalized spacial score (nSPS) is 20.8. The average molecular weight is 354 g/mol. The van der Waals surface area contributed by atoms with E-state index < -0.39 is 0 Å². The van der Waals surface area contributed by atoms with Crippen LogP contribution in [0.25, 0.3) is 11.5 Å². The van der Waals surface area contributed by atoms with E-state index in [4.69, 9.17) is 4.52 Å². The van der Waals surface area contributed by atoms with Crippen LogP contribution in [0.4, 0.5) is 0 Å². The summed E-state index contributed by atoms with van der Waals surface area (Å²) in [5, 5.41) is 4.10. The largest absolute Gasteiger partial charge is 0.342 e. The van der Waals surface area contributed by atoms with Crippen LogP contribution in [0, 0.1) is 11.8 Å². The zero-order valence-electron chi connectivity index (χ0n) is 15.1. The highest BCUT2D eigenvalue weighted by Gasteiger charge is 2.28. The lowest BCUT2D eigenvalue weighted by Gasteiger charge is -2.17. The standard InChI is InChI=1S/C20H26N4O2/c25-19(6-5-15-3-1-2-4-15)24-12-9-16(14-24)13-18-22-20(26-23-18)17-7-10-21-11-8-17/h7-8,10-11,15-16H,1-6,9,12-14H2. The number of carbonyl (C=O) groups is 1. The van der Waals surface area contributed by atoms with Gasteiger partial charge < -0.3 is 9.42 Å². The number of likely N-dealkylation sites (tertiary alicyclic amines) is 1. The summed E-state index contributed by atoms with van der Waals surface area (Å²) in [6.07, 6.45) is 12.3. The molecular formula is C20H26N4O2. The Kier molecular flexibility index (Phi) is 5.27. The van der Waals surface area contributed by atoms with E-state index >= 15 is 0 Å². The topological polar surface area (TPSA) is 72.1 Å². The number of carbonyl (C=O) groups excluding carboxylic acids is 1. The van der Waals surface area contributed by atoms with Crippen LogP contribution >= 0.6 is 0 Å². The van der Waals surface area contributed by atoms with Crippen molar-refractivity contribution >= 4 is 5.91 Å². The summed E-state index contributed by atoms with van der Waals surface area (Å²) >= 11 is 0. The van der Waals surface area contributed by atoms with Gasteiger partial charge in [-0.2, -0.15) is 4.98 Å². The fraction of sp³-hybridized carbons (Fsp3) is 0.600. The van der Waals surface area contributed by atoms with Crippen LogP contribution in [-0.2, 0) is 11.2 Å². The Bertz CT molecular complexity index is 724. The Hall–Kier alpha value is -2.24. The van der Waals surface area contributed by atoms with Crippen molar-refractivity contribution in [3.8, 4) is 11.5 Å². The van der Waals surface area contributed by atoms with Gasteiger partial charge in [0.25, 0.3) is 5.89 Å². The lowest BCUT2D eigenvalue weighted by atomic mass is 10.0. The van der Waals surface area contributed by atoms with Crippen LogP contribution in [-0.4, -0.2) is 39.0 Å². The molecule has 2 aromatic rings. The molecular weight excluding hydrogens is 328 g/mol. The second kappa shape index (κ2) is 7.98. The minimum Gasteiger partial charge on any atom is -0.342 e. The van der Waals surface area contributed by atoms with E-state index in [1.54, 1.807) is 12.4 Å². The van der Waals surface area contributed by atoms with E-state index in [0.717, 1.165) is 49.7 Å². The van der Waals surface area contributed by atoms with Crippen molar-refractivity contribution < 1.29 is 9.32 Å². The van der Waals surface area contributed by atoms with Crippen LogP contribution in [0.5, 0.6) is 0 Å². The number of pyridine rings is 1. The fourth-order valence-corrected chi connectivity index (χ4v) is 4.22. The van der Waals surface area contributed by atoms with E-state index in [2.05, 4.69) is 15.1 Å². The van der Waals surface area contributed by atoms with Crippen molar-refractivity contribution in [2.75, 3.05) is 13.1 Å². The average Bonchev–Trinajstić information content (AvgIpc) is 3.43. The Balaban J connectivity index is 1.26. The van der Waals surface area contributed by atoms with Crippen LogP contribution in [0.3, 0.4) is 0 Å². The van der Waals surface area contributed by atoms with Gasteiger partial charge >= 0.3 is 0 Å². The molecule has 0 aromatic carbocycles. The first-order valence-corrected chi connectivity index (χ1v) is 9.78. The van der Waals surface area contributed by atoms with Gasteiger partial charge in [0.15, 0.2) is 5.82 Å². The summed E-state index contributed by atoms with van der Waals surface area (Å²) in [6, 6.07) is 3.72. The SMILES string of the molecule is O=C(CCC1CCCC1)N1CCC(Cc2noc(-c3ccncc3)n2)C1. The van der Waals surface area contributed by atoms with Gasteiger partial charge in [-0.05, 0) is 36.8 Å². The minimum atomic E-state index is 0.324. The van der Waals surface area contributed by atoms with E-state index in [-0.39, 0.29) is 0 Å². The van der Waals surface area contributed by atoms with Crippen LogP contribution in [0.2, 0.25) is 0 Å². The molecule has 4 rings (SSSR count). The van der Waals surface area contributed by atoms with Crippen molar-refractivity contribution in [3.63, 3.8) is 0 Å². The zero-order valence-corrected chi connectivity index (χ0v) is 15.1. The molecule has 1 aliphatic heterocycles. The maximum absolute atomic E-state index is 12.5. The third-order valence-electron chi connectivity index (χ3n) is 5.75. The second-order valence-corrected chi connectivity index (χ2v) is 7.64. The molecule has 6 heteroatoms. The molecule has 1 aliphatic carbocycles. The summed E-state index contributed by atoms with van der Waals surface area (Å²) in [6.45, 7) is 1.69. The number of hydrogen-bond acceptors (Lipinski definition) is 5. The maximum atomic E-state index is 12.5. The molecule has 0 bridgehead atoms. The van der Waals surface area contributed by atoms with Crippen molar-refractivity contribution in [3.05, 3.63) is 30.4 Å². The summed E-state index contributed by atoms with van der Waals surface area (Å²) in [5.74, 6) is 2.79. The Morgan fingerprint density at radius 3 is 2.77 bits per heavy atom. The molecule has 138 valence electrons. The van der Waals surface area contributed by atoms with Gasteiger partial charge in [-0.1, -0.05) is 30.8 Å². The molecule has 1 atom stereocenters. The highest BCUT2D eigenvalue weighted by molar-refractivity contribution is 5.76. The molecule has 1 amide bonds. The van der Waals surface area contributed by atoms with Gasteiger partial charge in [0.05, 0.1) is 0 Å². The molecule has 1 saturated carbocycles. The fourth-order valence-electron chi connectivity index (χ4n) is 4.22. The molecule has 26 heavy (non-hydrogen) atoms. The number of rotatable bonds is 6. The Labute approximate surface area is 154 Å². The molecule has 0 spiro atoms. The number of nitrogens with zero attached hydrogens (tertiary/aromatic N) is 4. The minimum absolute atomic E-state index is 0.324. The van der Waals surface area contributed by atoms with Gasteiger partial charge in [-0.3, -0.25) is 9.78 Å². The van der Waals surface area contributed by atoms with Crippen molar-refractivity contribution in [2.24, 2.45) is 11.8 Å². The van der Waals surface area contributed by atoms with E-state index in [9.17, 15) is 4.79 Å². The second-order valence-electron chi connectivity index (χ2n) is 7.64. The number of aromatic nitrogens is 3. The molecule has 0 radical (unpaired) electrons. The van der Waals surface area contributed by atoms with Gasteiger partial charge in [0.1, 0.15) is 0 Å². The molecule has 2 aliphatic rings. The molecule has 1 unspecified atom stereocenters. The van der Waals surface area contributed by atoms with Crippen molar-refractivity contribution in [1.82, 2.24) is 20.0 Å². The smallest absolute Gasteiger partial charge is 0.258 e. The molecule has 3 heterocycles. The predicted octanol–water partition coefficient (Wildman–Crippen LogP) is 3.49. The molecule has 2 aromatic heterocycles. The zero-order chi connectivity index (χ0) is 17.8. The first-order valence-electron chi connectivity index (χ1n) is 9.78. The van der Waals surface area contributed by atoms with E-state index in [1.807, 2.05) is 17.0 Å². The first kappa shape index (κ1) is 17.2. The number of amides is 1. The molecule has 2 fully saturated rings. The van der Waals surface area contributed by atoms with Crippen LogP contribution in [0.1, 0.15) is 50.8 Å². The third kappa shape index (κ3) is 4.11. The van der Waals surface area contributed by atoms with Crippen molar-refractivity contribution in [1.29, 1.82) is 0 Å². The Morgan fingerprint density at radius 1 is 1.15 bits per heavy atom. The quantitative estimate of drug-likeness (QED) is 0.794. The lowest BCUT2D eigenvalue weighted by Crippen LogP contribution is -2.29. The van der Waals surface area contributed by atoms with Gasteiger partial charge in [0, 0.05) is 43.9 Å². The Morgan fingerprint density at radius 2 is 1.96 bits per heavy atom. The van der Waals surface area contributed by atoms with Gasteiger partial charge in [0.2, 0.25) is 5.91 Å². The van der Waals surface area contributed by atoms with Crippen LogP contribution in [0.15, 0.2) is 29.0 Å². The van der Waals surface area contributed by atoms with Crippen molar-refractivity contribution in [2.45, 2.75) is 51.4 Å². The predicted molar refractivity (Wildman–Crippen MR) is 97.1 cm³/mol. The molecule has 6 nitrogen and oxygen atoms in total. The molecule has 0 N–H and O–H groups in total. The number of hydrogen-bond donors (Lipinski definition) is 0. The summed E-state index contributed by atoms with van der Waals surface area (Å²) in [4.78, 5) is 23.0. The summed E-state index contributed by atoms with van der Waals surface area (Å²) in [5.41, 5.74) is 0.883. The van der Waals surface area contributed by atoms with E-state index in [1.165, 1.54) is 25.7 Å². The van der Waals surface area contributed by atoms with Gasteiger partial charge in [-0.15, -0.1) is 0 Å². The highest BCUT2D eigenvalue weighted by atomic mass is 16.5. The summed E-state index contributed by atoms with van der Waals surface area (Å²) < 4.78 is 5.36. The monoisotopic (exact) mass is 354 g/mol. The third-order valence-corrected chi connectivity index (χ3v) is 5.75.